The third-order valence-corrected chi connectivity index (χ3v) is 3.54. The average Bonchev–Trinajstić information content (AvgIpc) is 2.48. The zero-order valence-electron chi connectivity index (χ0n) is 11.5. The normalized spacial score (nSPS) is 10.9. The lowest BCUT2D eigenvalue weighted by Gasteiger charge is -2.09. The highest BCUT2D eigenvalue weighted by Crippen LogP contribution is 2.30. The lowest BCUT2D eigenvalue weighted by atomic mass is 10.1. The molecular formula is C16H12ClFN2O. The van der Waals surface area contributed by atoms with E-state index in [1.54, 1.807) is 25.3 Å². The highest BCUT2D eigenvalue weighted by molar-refractivity contribution is 6.34. The van der Waals surface area contributed by atoms with E-state index in [1.165, 1.54) is 12.1 Å². The molecule has 3 nitrogen and oxygen atoms in total. The summed E-state index contributed by atoms with van der Waals surface area (Å²) >= 11 is 6.26. The van der Waals surface area contributed by atoms with E-state index in [1.807, 2.05) is 13.0 Å². The molecular weight excluding hydrogens is 291 g/mol. The number of benzene rings is 2. The van der Waals surface area contributed by atoms with E-state index in [-0.39, 0.29) is 5.82 Å². The molecule has 0 aliphatic rings. The van der Waals surface area contributed by atoms with Crippen LogP contribution < -0.4 is 4.74 Å². The Morgan fingerprint density at radius 1 is 1.10 bits per heavy atom. The Kier molecular flexibility index (Phi) is 3.47. The summed E-state index contributed by atoms with van der Waals surface area (Å²) in [5.41, 5.74) is 2.42. The van der Waals surface area contributed by atoms with Crippen LogP contribution in [0.1, 0.15) is 5.56 Å². The number of aryl methyl sites for hydroxylation is 1. The first-order valence-corrected chi connectivity index (χ1v) is 6.74. The quantitative estimate of drug-likeness (QED) is 0.658. The summed E-state index contributed by atoms with van der Waals surface area (Å²) in [7, 11) is 1.60. The molecule has 0 fully saturated rings. The molecule has 5 heteroatoms. The van der Waals surface area contributed by atoms with Crippen molar-refractivity contribution in [2.75, 3.05) is 7.11 Å². The molecule has 0 spiro atoms. The van der Waals surface area contributed by atoms with Gasteiger partial charge in [-0.05, 0) is 48.9 Å². The van der Waals surface area contributed by atoms with E-state index >= 15 is 0 Å². The third-order valence-electron chi connectivity index (χ3n) is 3.26. The maximum Gasteiger partial charge on any atom is 0.161 e. The second-order valence-electron chi connectivity index (χ2n) is 4.69. The van der Waals surface area contributed by atoms with Crippen molar-refractivity contribution in [3.05, 3.63) is 52.9 Å². The first-order valence-electron chi connectivity index (χ1n) is 6.36. The first kappa shape index (κ1) is 13.8. The van der Waals surface area contributed by atoms with Gasteiger partial charge in [-0.25, -0.2) is 14.4 Å². The summed E-state index contributed by atoms with van der Waals surface area (Å²) < 4.78 is 18.2. The summed E-state index contributed by atoms with van der Waals surface area (Å²) in [4.78, 5) is 8.83. The summed E-state index contributed by atoms with van der Waals surface area (Å²) in [6, 6.07) is 9.70. The van der Waals surface area contributed by atoms with Gasteiger partial charge < -0.3 is 4.74 Å². The molecule has 0 aliphatic heterocycles. The van der Waals surface area contributed by atoms with E-state index in [0.717, 1.165) is 22.0 Å². The molecule has 0 bridgehead atoms. The van der Waals surface area contributed by atoms with Crippen LogP contribution in [0.4, 0.5) is 4.39 Å². The van der Waals surface area contributed by atoms with E-state index in [9.17, 15) is 4.39 Å². The van der Waals surface area contributed by atoms with Crippen molar-refractivity contribution in [1.82, 2.24) is 9.97 Å². The number of aromatic nitrogens is 2. The topological polar surface area (TPSA) is 35.0 Å². The molecule has 1 heterocycles. The smallest absolute Gasteiger partial charge is 0.161 e. The lowest BCUT2D eigenvalue weighted by molar-refractivity contribution is 0.415. The van der Waals surface area contributed by atoms with E-state index < -0.39 is 0 Å². The largest absolute Gasteiger partial charge is 0.497 e. The van der Waals surface area contributed by atoms with Crippen LogP contribution in [0, 0.1) is 12.7 Å². The van der Waals surface area contributed by atoms with Crippen LogP contribution in [0.2, 0.25) is 5.15 Å². The molecule has 0 atom stereocenters. The fourth-order valence-electron chi connectivity index (χ4n) is 2.18. The molecule has 106 valence electrons. The number of hydrogen-bond donors (Lipinski definition) is 0. The number of halogens is 2. The number of rotatable bonds is 2. The number of hydrogen-bond acceptors (Lipinski definition) is 3. The van der Waals surface area contributed by atoms with Crippen molar-refractivity contribution in [1.29, 1.82) is 0 Å². The van der Waals surface area contributed by atoms with Gasteiger partial charge >= 0.3 is 0 Å². The second kappa shape index (κ2) is 5.30. The zero-order valence-corrected chi connectivity index (χ0v) is 12.3. The van der Waals surface area contributed by atoms with Gasteiger partial charge in [0.1, 0.15) is 16.7 Å². The molecule has 0 unspecified atom stereocenters. The van der Waals surface area contributed by atoms with Crippen molar-refractivity contribution in [3.63, 3.8) is 0 Å². The minimum atomic E-state index is -0.299. The molecule has 2 aromatic carbocycles. The van der Waals surface area contributed by atoms with Crippen molar-refractivity contribution >= 4 is 22.5 Å². The molecule has 3 rings (SSSR count). The molecule has 0 saturated carbocycles. The van der Waals surface area contributed by atoms with Gasteiger partial charge in [0.2, 0.25) is 0 Å². The van der Waals surface area contributed by atoms with E-state index in [4.69, 9.17) is 16.3 Å². The van der Waals surface area contributed by atoms with Gasteiger partial charge in [-0.15, -0.1) is 0 Å². The molecule has 0 N–H and O–H groups in total. The number of fused-ring (bicyclic) bond motifs is 1. The Hall–Kier alpha value is -2.20. The fraction of sp³-hybridized carbons (Fsp3) is 0.125. The van der Waals surface area contributed by atoms with E-state index in [0.29, 0.717) is 16.7 Å². The minimum Gasteiger partial charge on any atom is -0.497 e. The Balaban J connectivity index is 2.23. The highest BCUT2D eigenvalue weighted by Gasteiger charge is 2.11. The van der Waals surface area contributed by atoms with Crippen molar-refractivity contribution < 1.29 is 9.13 Å². The van der Waals surface area contributed by atoms with Gasteiger partial charge in [-0.1, -0.05) is 11.6 Å². The van der Waals surface area contributed by atoms with Crippen LogP contribution in [-0.2, 0) is 0 Å². The third kappa shape index (κ3) is 2.54. The summed E-state index contributed by atoms with van der Waals surface area (Å²) in [5.74, 6) is 0.882. The molecule has 21 heavy (non-hydrogen) atoms. The summed E-state index contributed by atoms with van der Waals surface area (Å²) in [5, 5.41) is 1.08. The van der Waals surface area contributed by atoms with Crippen LogP contribution in [0.3, 0.4) is 0 Å². The number of ether oxygens (including phenoxy) is 1. The predicted molar refractivity (Wildman–Crippen MR) is 81.2 cm³/mol. The SMILES string of the molecule is COc1cc(C)c2nc(-c3ccc(F)cc3)nc(Cl)c2c1. The monoisotopic (exact) mass is 302 g/mol. The van der Waals surface area contributed by atoms with Gasteiger partial charge in [0.05, 0.1) is 12.6 Å². The van der Waals surface area contributed by atoms with Gasteiger partial charge in [-0.2, -0.15) is 0 Å². The predicted octanol–water partition coefficient (Wildman–Crippen LogP) is 4.41. The molecule has 3 aromatic rings. The van der Waals surface area contributed by atoms with Crippen LogP contribution in [-0.4, -0.2) is 17.1 Å². The van der Waals surface area contributed by atoms with Crippen molar-refractivity contribution in [3.8, 4) is 17.1 Å². The minimum absolute atomic E-state index is 0.299. The number of methoxy groups -OCH3 is 1. The Labute approximate surface area is 126 Å². The van der Waals surface area contributed by atoms with Gasteiger partial charge in [0.25, 0.3) is 0 Å². The maximum absolute atomic E-state index is 13.0. The standard InChI is InChI=1S/C16H12ClFN2O/c1-9-7-12(21-2)8-13-14(9)19-16(20-15(13)17)10-3-5-11(18)6-4-10/h3-8H,1-2H3. The van der Waals surface area contributed by atoms with Crippen LogP contribution in [0.5, 0.6) is 5.75 Å². The van der Waals surface area contributed by atoms with Crippen molar-refractivity contribution in [2.45, 2.75) is 6.92 Å². The summed E-state index contributed by atoms with van der Waals surface area (Å²) in [6.07, 6.45) is 0. The van der Waals surface area contributed by atoms with Crippen LogP contribution >= 0.6 is 11.6 Å². The molecule has 0 aliphatic carbocycles. The van der Waals surface area contributed by atoms with Crippen molar-refractivity contribution in [2.24, 2.45) is 0 Å². The fourth-order valence-corrected chi connectivity index (χ4v) is 2.41. The molecule has 1 aromatic heterocycles. The first-order chi connectivity index (χ1) is 10.1. The lowest BCUT2D eigenvalue weighted by Crippen LogP contribution is -1.95. The van der Waals surface area contributed by atoms with Crippen LogP contribution in [0.15, 0.2) is 36.4 Å². The number of nitrogens with zero attached hydrogens (tertiary/aromatic N) is 2. The average molecular weight is 303 g/mol. The zero-order chi connectivity index (χ0) is 15.0. The van der Waals surface area contributed by atoms with Gasteiger partial charge in [-0.3, -0.25) is 0 Å². The Morgan fingerprint density at radius 3 is 2.48 bits per heavy atom. The van der Waals surface area contributed by atoms with E-state index in [2.05, 4.69) is 9.97 Å². The Morgan fingerprint density at radius 2 is 1.81 bits per heavy atom. The second-order valence-corrected chi connectivity index (χ2v) is 5.04. The maximum atomic E-state index is 13.0. The van der Waals surface area contributed by atoms with Crippen LogP contribution in [0.25, 0.3) is 22.3 Å². The summed E-state index contributed by atoms with van der Waals surface area (Å²) in [6.45, 7) is 1.93. The molecule has 0 saturated heterocycles. The highest BCUT2D eigenvalue weighted by atomic mass is 35.5. The molecule has 0 radical (unpaired) electrons. The Bertz CT molecular complexity index is 819. The molecule has 0 amide bonds. The van der Waals surface area contributed by atoms with Gasteiger partial charge in [0.15, 0.2) is 5.82 Å². The van der Waals surface area contributed by atoms with Gasteiger partial charge in [0, 0.05) is 10.9 Å².